The van der Waals surface area contributed by atoms with Crippen LogP contribution in [-0.4, -0.2) is 23.1 Å². The highest BCUT2D eigenvalue weighted by atomic mass is 79.9. The van der Waals surface area contributed by atoms with Crippen LogP contribution >= 0.6 is 15.9 Å². The molecule has 0 saturated carbocycles. The van der Waals surface area contributed by atoms with E-state index in [0.29, 0.717) is 13.2 Å². The quantitative estimate of drug-likeness (QED) is 0.850. The van der Waals surface area contributed by atoms with Gasteiger partial charge in [-0.15, -0.1) is 0 Å². The number of rotatable bonds is 2. The molecular weight excluding hydrogens is 296 g/mol. The molecule has 1 atom stereocenters. The van der Waals surface area contributed by atoms with Crippen molar-refractivity contribution in [3.05, 3.63) is 29.8 Å². The maximum absolute atomic E-state index is 9.37. The molecule has 4 heteroatoms. The molecule has 1 aliphatic heterocycles. The van der Waals surface area contributed by atoms with Crippen molar-refractivity contribution in [3.63, 3.8) is 0 Å². The van der Waals surface area contributed by atoms with E-state index >= 15 is 0 Å². The maximum Gasteiger partial charge on any atom is 0.207 e. The van der Waals surface area contributed by atoms with Crippen LogP contribution in [0.15, 0.2) is 24.3 Å². The number of hydrogen-bond donors (Lipinski definition) is 1. The Morgan fingerprint density at radius 2 is 1.67 bits per heavy atom. The van der Waals surface area contributed by atoms with Gasteiger partial charge in [-0.05, 0) is 31.2 Å². The van der Waals surface area contributed by atoms with E-state index in [-0.39, 0.29) is 16.0 Å². The van der Waals surface area contributed by atoms with Gasteiger partial charge in [0.1, 0.15) is 5.75 Å². The molecule has 1 fully saturated rings. The van der Waals surface area contributed by atoms with Gasteiger partial charge in [0.2, 0.25) is 5.79 Å². The molecule has 0 aromatic heterocycles. The molecule has 1 aromatic rings. The fraction of sp³-hybridized carbons (Fsp3) is 0.571. The first kappa shape index (κ1) is 13.8. The average Bonchev–Trinajstić information content (AvgIpc) is 2.30. The third-order valence-electron chi connectivity index (χ3n) is 3.15. The largest absolute Gasteiger partial charge is 0.508 e. The van der Waals surface area contributed by atoms with Crippen LogP contribution in [0.4, 0.5) is 0 Å². The van der Waals surface area contributed by atoms with Gasteiger partial charge in [0.25, 0.3) is 0 Å². The third-order valence-corrected chi connectivity index (χ3v) is 3.75. The summed E-state index contributed by atoms with van der Waals surface area (Å²) in [5.41, 5.74) is 0.947. The molecule has 0 amide bonds. The smallest absolute Gasteiger partial charge is 0.207 e. The van der Waals surface area contributed by atoms with Gasteiger partial charge in [0.15, 0.2) is 0 Å². The second kappa shape index (κ2) is 4.83. The lowest BCUT2D eigenvalue weighted by Gasteiger charge is -2.45. The van der Waals surface area contributed by atoms with Gasteiger partial charge in [-0.1, -0.05) is 29.8 Å². The summed E-state index contributed by atoms with van der Waals surface area (Å²) in [6.45, 7) is 7.53. The van der Waals surface area contributed by atoms with Gasteiger partial charge in [0.05, 0.1) is 18.0 Å². The summed E-state index contributed by atoms with van der Waals surface area (Å²) in [5, 5.41) is 9.37. The summed E-state index contributed by atoms with van der Waals surface area (Å²) >= 11 is 3.57. The summed E-state index contributed by atoms with van der Waals surface area (Å²) in [6.07, 6.45) is 0. The van der Waals surface area contributed by atoms with Crippen molar-refractivity contribution in [3.8, 4) is 5.75 Å². The Hall–Kier alpha value is -0.580. The number of benzene rings is 1. The van der Waals surface area contributed by atoms with Crippen LogP contribution < -0.4 is 0 Å². The molecule has 0 aliphatic carbocycles. The van der Waals surface area contributed by atoms with Crippen LogP contribution in [0.1, 0.15) is 26.3 Å². The summed E-state index contributed by atoms with van der Waals surface area (Å²) in [4.78, 5) is 0.0191. The van der Waals surface area contributed by atoms with E-state index in [0.717, 1.165) is 5.56 Å². The van der Waals surface area contributed by atoms with Crippen molar-refractivity contribution < 1.29 is 14.6 Å². The first-order valence-corrected chi connectivity index (χ1v) is 6.99. The van der Waals surface area contributed by atoms with E-state index in [1.807, 2.05) is 19.1 Å². The molecule has 0 bridgehead atoms. The molecule has 1 unspecified atom stereocenters. The van der Waals surface area contributed by atoms with Crippen LogP contribution in [0.25, 0.3) is 0 Å². The lowest BCUT2D eigenvalue weighted by atomic mass is 9.92. The molecule has 100 valence electrons. The van der Waals surface area contributed by atoms with Gasteiger partial charge in [-0.2, -0.15) is 0 Å². The van der Waals surface area contributed by atoms with Crippen molar-refractivity contribution in [1.29, 1.82) is 0 Å². The first-order valence-electron chi connectivity index (χ1n) is 6.07. The first-order chi connectivity index (χ1) is 8.36. The fourth-order valence-electron chi connectivity index (χ4n) is 2.01. The van der Waals surface area contributed by atoms with Crippen molar-refractivity contribution >= 4 is 15.9 Å². The number of phenols is 1. The van der Waals surface area contributed by atoms with Crippen molar-refractivity contribution in [1.82, 2.24) is 0 Å². The highest BCUT2D eigenvalue weighted by Gasteiger charge is 2.45. The number of hydrogen-bond acceptors (Lipinski definition) is 3. The SMILES string of the molecule is CC(Br)C1(c2ccc(O)cc2)OCC(C)(C)CO1. The molecule has 1 aliphatic rings. The van der Waals surface area contributed by atoms with E-state index in [1.165, 1.54) is 0 Å². The Kier molecular flexibility index (Phi) is 3.72. The van der Waals surface area contributed by atoms with E-state index in [2.05, 4.69) is 29.8 Å². The highest BCUT2D eigenvalue weighted by molar-refractivity contribution is 9.09. The number of alkyl halides is 1. The number of phenolic OH excluding ortho intramolecular Hbond substituents is 1. The van der Waals surface area contributed by atoms with Crippen LogP contribution in [-0.2, 0) is 15.3 Å². The lowest BCUT2D eigenvalue weighted by molar-refractivity contribution is -0.305. The second-order valence-corrected chi connectivity index (χ2v) is 6.95. The maximum atomic E-state index is 9.37. The third kappa shape index (κ3) is 2.56. The van der Waals surface area contributed by atoms with Crippen molar-refractivity contribution in [2.24, 2.45) is 5.41 Å². The summed E-state index contributed by atoms with van der Waals surface area (Å²) in [6, 6.07) is 6.98. The van der Waals surface area contributed by atoms with Crippen LogP contribution in [0.3, 0.4) is 0 Å². The van der Waals surface area contributed by atoms with E-state index in [4.69, 9.17) is 9.47 Å². The van der Waals surface area contributed by atoms with Gasteiger partial charge >= 0.3 is 0 Å². The molecule has 1 saturated heterocycles. The predicted molar refractivity (Wildman–Crippen MR) is 73.9 cm³/mol. The minimum Gasteiger partial charge on any atom is -0.508 e. The molecular formula is C14H19BrO3. The summed E-state index contributed by atoms with van der Waals surface area (Å²) in [5.74, 6) is -0.532. The minimum absolute atomic E-state index is 0.0191. The predicted octanol–water partition coefficient (Wildman–Crippen LogP) is 3.40. The molecule has 1 heterocycles. The van der Waals surface area contributed by atoms with E-state index < -0.39 is 5.79 Å². The highest BCUT2D eigenvalue weighted by Crippen LogP contribution is 2.41. The van der Waals surface area contributed by atoms with E-state index in [1.54, 1.807) is 12.1 Å². The molecule has 18 heavy (non-hydrogen) atoms. The zero-order valence-corrected chi connectivity index (χ0v) is 12.5. The van der Waals surface area contributed by atoms with Gasteiger partial charge < -0.3 is 14.6 Å². The molecule has 2 rings (SSSR count). The monoisotopic (exact) mass is 314 g/mol. The molecule has 1 N–H and O–H groups in total. The summed E-state index contributed by atoms with van der Waals surface area (Å²) < 4.78 is 12.0. The topological polar surface area (TPSA) is 38.7 Å². The Morgan fingerprint density at radius 3 is 2.11 bits per heavy atom. The van der Waals surface area contributed by atoms with Gasteiger partial charge in [0, 0.05) is 11.0 Å². The van der Waals surface area contributed by atoms with Gasteiger partial charge in [-0.3, -0.25) is 0 Å². The number of halogens is 1. The molecule has 1 aromatic carbocycles. The zero-order chi connectivity index (χ0) is 13.4. The van der Waals surface area contributed by atoms with Crippen LogP contribution in [0, 0.1) is 5.41 Å². The standard InChI is InChI=1S/C14H19BrO3/c1-10(15)14(11-4-6-12(16)7-5-11)17-8-13(2,3)9-18-14/h4-7,10,16H,8-9H2,1-3H3. The Bertz CT molecular complexity index is 402. The number of ether oxygens (including phenoxy) is 2. The van der Waals surface area contributed by atoms with Crippen LogP contribution in [0.2, 0.25) is 0 Å². The van der Waals surface area contributed by atoms with Crippen molar-refractivity contribution in [2.45, 2.75) is 31.4 Å². The molecule has 0 radical (unpaired) electrons. The average molecular weight is 315 g/mol. The second-order valence-electron chi connectivity index (χ2n) is 5.57. The Morgan fingerprint density at radius 1 is 1.17 bits per heavy atom. The van der Waals surface area contributed by atoms with Crippen molar-refractivity contribution in [2.75, 3.05) is 13.2 Å². The molecule has 0 spiro atoms. The lowest BCUT2D eigenvalue weighted by Crippen LogP contribution is -2.49. The summed E-state index contributed by atoms with van der Waals surface area (Å²) in [7, 11) is 0. The normalized spacial score (nSPS) is 23.6. The van der Waals surface area contributed by atoms with E-state index in [9.17, 15) is 5.11 Å². The number of aromatic hydroxyl groups is 1. The zero-order valence-electron chi connectivity index (χ0n) is 10.9. The fourth-order valence-corrected chi connectivity index (χ4v) is 2.54. The van der Waals surface area contributed by atoms with Crippen LogP contribution in [0.5, 0.6) is 5.75 Å². The minimum atomic E-state index is -0.775. The Balaban J connectivity index is 2.31. The van der Waals surface area contributed by atoms with Gasteiger partial charge in [-0.25, -0.2) is 0 Å². The Labute approximate surface area is 116 Å². The molecule has 3 nitrogen and oxygen atoms in total.